The van der Waals surface area contributed by atoms with Crippen molar-refractivity contribution in [1.82, 2.24) is 4.90 Å². The lowest BCUT2D eigenvalue weighted by molar-refractivity contribution is 0.313. The minimum absolute atomic E-state index is 0.368. The molecule has 0 aliphatic carbocycles. The van der Waals surface area contributed by atoms with Crippen molar-refractivity contribution >= 4 is 5.69 Å². The molecular weight excluding hydrogens is 179 g/mol. The van der Waals surface area contributed by atoms with Crippen LogP contribution < -0.4 is 4.90 Å². The van der Waals surface area contributed by atoms with Crippen LogP contribution in [0.2, 0.25) is 0 Å². The van der Waals surface area contributed by atoms with Gasteiger partial charge in [0.1, 0.15) is 5.82 Å². The molecule has 1 saturated heterocycles. The fourth-order valence-electron chi connectivity index (χ4n) is 0.791. The summed E-state index contributed by atoms with van der Waals surface area (Å²) in [5.74, 6) is -1.73. The molecule has 0 bridgehead atoms. The number of hydrogen-bond donors (Lipinski definition) is 0. The molecule has 1 aliphatic heterocycles. The third kappa shape index (κ3) is 2.04. The summed E-state index contributed by atoms with van der Waals surface area (Å²) in [5.41, 5.74) is -1.32. The molecule has 2 rings (SSSR count). The maximum absolute atomic E-state index is 14.2. The molecule has 0 atom stereocenters. The van der Waals surface area contributed by atoms with Gasteiger partial charge in [-0.1, -0.05) is 6.04 Å². The predicted molar refractivity (Wildman–Crippen MR) is 56.1 cm³/mol. The summed E-state index contributed by atoms with van der Waals surface area (Å²) in [6.07, 6.45) is 0. The van der Waals surface area contributed by atoms with E-state index in [-0.39, 0.29) is 4.90 Å². The van der Waals surface area contributed by atoms with Gasteiger partial charge in [-0.25, -0.2) is 4.39 Å². The third-order valence-corrected chi connectivity index (χ3v) is 1.35. The summed E-state index contributed by atoms with van der Waals surface area (Å²) in [4.78, 5) is -0.971. The van der Waals surface area contributed by atoms with E-state index in [1.54, 1.807) is 0 Å². The van der Waals surface area contributed by atoms with E-state index in [1.165, 1.54) is 0 Å². The normalized spacial score (nSPS) is 49.5. The quantitative estimate of drug-likeness (QED) is 0.693. The van der Waals surface area contributed by atoms with Crippen LogP contribution in [0.5, 0.6) is 0 Å². The highest BCUT2D eigenvalue weighted by molar-refractivity contribution is 5.46. The first-order valence-electron chi connectivity index (χ1n) is 11.0. The number of benzene rings is 1. The molecule has 0 saturated carbocycles. The Morgan fingerprint density at radius 2 is 2.21 bits per heavy atom. The number of likely N-dealkylation sites (N-methyl/N-ethyl adjacent to an activating group) is 1. The number of halogens is 1. The Bertz CT molecular complexity index is 791. The Hall–Kier alpha value is -1.09. The van der Waals surface area contributed by atoms with Crippen molar-refractivity contribution in [2.45, 2.75) is 0 Å². The van der Waals surface area contributed by atoms with E-state index in [9.17, 15) is 4.39 Å². The topological polar surface area (TPSA) is 6.48 Å². The summed E-state index contributed by atoms with van der Waals surface area (Å²) < 4.78 is 131. The van der Waals surface area contributed by atoms with Gasteiger partial charge in [0, 0.05) is 41.3 Å². The monoisotopic (exact) mass is 209 g/mol. The lowest BCUT2D eigenvalue weighted by Crippen LogP contribution is -2.44. The van der Waals surface area contributed by atoms with Gasteiger partial charge in [-0.2, -0.15) is 0 Å². The molecule has 0 radical (unpaired) electrons. The van der Waals surface area contributed by atoms with Crippen LogP contribution >= 0.6 is 0 Å². The van der Waals surface area contributed by atoms with Crippen LogP contribution in [0.1, 0.15) is 20.6 Å². The lowest BCUT2D eigenvalue weighted by Gasteiger charge is -2.34. The predicted octanol–water partition coefficient (Wildman–Crippen LogP) is 1.58. The van der Waals surface area contributed by atoms with Gasteiger partial charge in [-0.05, 0) is 25.1 Å². The largest absolute Gasteiger partial charge is 0.369 e. The van der Waals surface area contributed by atoms with Crippen LogP contribution in [0.25, 0.3) is 0 Å². The van der Waals surface area contributed by atoms with Crippen molar-refractivity contribution in [2.24, 2.45) is 0 Å². The first kappa shape index (κ1) is 2.19. The molecule has 0 N–H and O–H groups in total. The Kier molecular flexibility index (Phi) is 0.620. The highest BCUT2D eigenvalue weighted by Gasteiger charge is 2.13. The van der Waals surface area contributed by atoms with E-state index in [0.717, 1.165) is 0 Å². The van der Waals surface area contributed by atoms with Gasteiger partial charge < -0.3 is 9.80 Å². The van der Waals surface area contributed by atoms with Gasteiger partial charge >= 0.3 is 0 Å². The van der Waals surface area contributed by atoms with Crippen molar-refractivity contribution in [3.05, 3.63) is 30.0 Å². The van der Waals surface area contributed by atoms with Gasteiger partial charge in [-0.3, -0.25) is 0 Å². The fourth-order valence-corrected chi connectivity index (χ4v) is 0.791. The Morgan fingerprint density at radius 3 is 2.93 bits per heavy atom. The van der Waals surface area contributed by atoms with Crippen LogP contribution in [-0.4, -0.2) is 37.9 Å². The molecular formula is C11H15FN2. The first-order chi connectivity index (χ1) is 12.7. The van der Waals surface area contributed by atoms with E-state index in [2.05, 4.69) is 0 Å². The molecule has 0 unspecified atom stereocenters. The molecule has 0 spiro atoms. The second-order valence-electron chi connectivity index (χ2n) is 2.28. The summed E-state index contributed by atoms with van der Waals surface area (Å²) in [6.45, 7) is -18.7. The third-order valence-electron chi connectivity index (χ3n) is 1.35. The smallest absolute Gasteiger partial charge is 0.125 e. The zero-order valence-electron chi connectivity index (χ0n) is 21.8. The number of anilines is 1. The van der Waals surface area contributed by atoms with Crippen molar-refractivity contribution in [3.8, 4) is 0 Å². The Morgan fingerprint density at radius 1 is 1.43 bits per heavy atom. The SMILES string of the molecule is [2H]c1c([2H])c(F)c([2H])c(N2C([2H])([2H])C([2H])([2H])N(C([2H])([2H])[2H])C([2H])([2H])C2([2H])[2H])c1[2H]. The van der Waals surface area contributed by atoms with Crippen molar-refractivity contribution < 1.29 is 25.0 Å². The minimum atomic E-state index is -3.77. The van der Waals surface area contributed by atoms with E-state index < -0.39 is 73.5 Å². The molecule has 0 aromatic heterocycles. The highest BCUT2D eigenvalue weighted by Crippen LogP contribution is 2.16. The summed E-state index contributed by atoms with van der Waals surface area (Å²) in [5, 5.41) is 0. The molecule has 0 amide bonds. The Balaban J connectivity index is 2.99. The van der Waals surface area contributed by atoms with Crippen LogP contribution in [-0.2, 0) is 0 Å². The van der Waals surface area contributed by atoms with E-state index in [1.807, 2.05) is 0 Å². The molecule has 76 valence electrons. The van der Waals surface area contributed by atoms with Crippen LogP contribution in [0.3, 0.4) is 0 Å². The lowest BCUT2D eigenvalue weighted by atomic mass is 10.2. The molecule has 3 heteroatoms. The average Bonchev–Trinajstić information content (AvgIpc) is 2.51. The van der Waals surface area contributed by atoms with Gasteiger partial charge in [0.05, 0.1) is 11.0 Å². The fraction of sp³-hybridized carbons (Fsp3) is 0.455. The highest BCUT2D eigenvalue weighted by atomic mass is 19.1. The molecule has 1 aromatic rings. The van der Waals surface area contributed by atoms with Crippen molar-refractivity contribution in [3.63, 3.8) is 0 Å². The summed E-state index contributed by atoms with van der Waals surface area (Å²) >= 11 is 0. The molecule has 1 fully saturated rings. The zero-order chi connectivity index (χ0) is 23.1. The summed E-state index contributed by atoms with van der Waals surface area (Å²) in [6, 6.07) is -5.03. The van der Waals surface area contributed by atoms with E-state index in [4.69, 9.17) is 20.6 Å². The van der Waals surface area contributed by atoms with Gasteiger partial charge in [0.15, 0.2) is 0 Å². The molecule has 1 aromatic carbocycles. The van der Waals surface area contributed by atoms with E-state index in [0.29, 0.717) is 0 Å². The van der Waals surface area contributed by atoms with Gasteiger partial charge in [0.25, 0.3) is 0 Å². The first-order valence-corrected chi connectivity index (χ1v) is 3.53. The zero-order valence-corrected chi connectivity index (χ0v) is 6.77. The van der Waals surface area contributed by atoms with Gasteiger partial charge in [0.2, 0.25) is 0 Å². The maximum Gasteiger partial charge on any atom is 0.125 e. The number of piperazine rings is 1. The molecule has 14 heavy (non-hydrogen) atoms. The van der Waals surface area contributed by atoms with Crippen molar-refractivity contribution in [1.29, 1.82) is 0 Å². The minimum Gasteiger partial charge on any atom is -0.369 e. The number of nitrogens with zero attached hydrogens (tertiary/aromatic N) is 2. The van der Waals surface area contributed by atoms with Crippen LogP contribution in [0.4, 0.5) is 10.1 Å². The number of hydrogen-bond acceptors (Lipinski definition) is 2. The van der Waals surface area contributed by atoms with Gasteiger partial charge in [-0.15, -0.1) is 0 Å². The average molecular weight is 209 g/mol. The number of rotatable bonds is 1. The second kappa shape index (κ2) is 3.96. The second-order valence-corrected chi connectivity index (χ2v) is 2.28. The standard InChI is InChI=1S/C11H15FN2/c1-13-5-7-14(8-6-13)11-4-2-3-10(12)9-11/h2-4,9H,5-8H2,1H3/i1D3,2D,3D,4D,5D2,6D2,7D2,8D2,9D. The summed E-state index contributed by atoms with van der Waals surface area (Å²) in [7, 11) is 0. The molecule has 1 heterocycles. The van der Waals surface area contributed by atoms with E-state index >= 15 is 0 Å². The van der Waals surface area contributed by atoms with Crippen LogP contribution in [0, 0.1) is 5.82 Å². The van der Waals surface area contributed by atoms with Crippen molar-refractivity contribution in [2.75, 3.05) is 37.9 Å². The Labute approximate surface area is 105 Å². The maximum atomic E-state index is 14.2. The molecule has 2 nitrogen and oxygen atoms in total. The van der Waals surface area contributed by atoms with Crippen LogP contribution in [0.15, 0.2) is 24.2 Å². The molecule has 1 aliphatic rings.